The molecule has 8 nitrogen and oxygen atoms in total. The lowest BCUT2D eigenvalue weighted by Crippen LogP contribution is -2.23. The van der Waals surface area contributed by atoms with E-state index < -0.39 is 17.2 Å². The van der Waals surface area contributed by atoms with Crippen molar-refractivity contribution >= 4 is 27.8 Å². The standard InChI is InChI=1S/C30H25F3N8/c1-29(2,16-34)20-7-9-21(10-8-20)41-26-22-12-18(19-13-23(30(31,32)33)27(37-14-19)39(3)4)6-11-24(22)36-15-25(26)40(5)28(41)38-17-35/h6-15H,1-5H3. The molecule has 3 aromatic heterocycles. The smallest absolute Gasteiger partial charge is 0.362 e. The van der Waals surface area contributed by atoms with Gasteiger partial charge in [-0.2, -0.15) is 23.7 Å². The highest BCUT2D eigenvalue weighted by atomic mass is 19.4. The van der Waals surface area contributed by atoms with Crippen LogP contribution in [0.15, 0.2) is 65.9 Å². The first-order valence-corrected chi connectivity index (χ1v) is 12.6. The van der Waals surface area contributed by atoms with Crippen LogP contribution in [-0.4, -0.2) is 33.2 Å². The Morgan fingerprint density at radius 1 is 0.927 bits per heavy atom. The average molecular weight is 555 g/mol. The van der Waals surface area contributed by atoms with Crippen molar-refractivity contribution < 1.29 is 13.2 Å². The molecule has 0 aliphatic heterocycles. The highest BCUT2D eigenvalue weighted by Gasteiger charge is 2.35. The largest absolute Gasteiger partial charge is 0.419 e. The van der Waals surface area contributed by atoms with Gasteiger partial charge in [0.25, 0.3) is 0 Å². The maximum Gasteiger partial charge on any atom is 0.419 e. The fourth-order valence-corrected chi connectivity index (χ4v) is 4.87. The van der Waals surface area contributed by atoms with Crippen molar-refractivity contribution in [1.82, 2.24) is 19.1 Å². The van der Waals surface area contributed by atoms with Crippen molar-refractivity contribution in [3.63, 3.8) is 0 Å². The molecule has 0 aliphatic rings. The summed E-state index contributed by atoms with van der Waals surface area (Å²) in [5.74, 6) is -0.169. The quantitative estimate of drug-likeness (QED) is 0.260. The molecule has 0 saturated heterocycles. The molecule has 2 aromatic carbocycles. The number of halogens is 3. The number of anilines is 1. The first-order chi connectivity index (χ1) is 19.4. The van der Waals surface area contributed by atoms with Crippen LogP contribution in [0.2, 0.25) is 0 Å². The van der Waals surface area contributed by atoms with Gasteiger partial charge in [0.2, 0.25) is 11.8 Å². The Balaban J connectivity index is 1.81. The van der Waals surface area contributed by atoms with Gasteiger partial charge in [-0.15, -0.1) is 4.99 Å². The Morgan fingerprint density at radius 3 is 2.24 bits per heavy atom. The molecule has 0 N–H and O–H groups in total. The topological polar surface area (TPSA) is 98.8 Å². The molecule has 5 rings (SSSR count). The van der Waals surface area contributed by atoms with Gasteiger partial charge in [-0.05, 0) is 55.3 Å². The van der Waals surface area contributed by atoms with Crippen LogP contribution in [0.25, 0.3) is 38.8 Å². The molecule has 0 radical (unpaired) electrons. The summed E-state index contributed by atoms with van der Waals surface area (Å²) in [5.41, 5.74) is 3.11. The predicted molar refractivity (Wildman–Crippen MR) is 150 cm³/mol. The van der Waals surface area contributed by atoms with E-state index in [1.165, 1.54) is 25.2 Å². The summed E-state index contributed by atoms with van der Waals surface area (Å²) in [4.78, 5) is 14.1. The molecule has 11 heteroatoms. The zero-order valence-corrected chi connectivity index (χ0v) is 23.0. The SMILES string of the molecule is CN(C)c1ncc(-c2ccc3ncc4c(c3c2)n(-c2ccc(C(C)(C)C#N)cc2)c(=NC#N)n4C)cc1C(F)(F)F. The van der Waals surface area contributed by atoms with Gasteiger partial charge in [0.05, 0.1) is 39.8 Å². The van der Waals surface area contributed by atoms with Gasteiger partial charge >= 0.3 is 6.18 Å². The van der Waals surface area contributed by atoms with Gasteiger partial charge in [0, 0.05) is 44.0 Å². The molecular formula is C30H25F3N8. The molecule has 41 heavy (non-hydrogen) atoms. The van der Waals surface area contributed by atoms with Crippen molar-refractivity contribution in [2.75, 3.05) is 19.0 Å². The lowest BCUT2D eigenvalue weighted by molar-refractivity contribution is -0.137. The number of rotatable bonds is 4. The van der Waals surface area contributed by atoms with E-state index in [1.807, 2.05) is 48.9 Å². The number of benzene rings is 2. The number of pyridine rings is 2. The summed E-state index contributed by atoms with van der Waals surface area (Å²) in [6.07, 6.45) is 0.369. The molecule has 206 valence electrons. The Bertz CT molecular complexity index is 1970. The minimum atomic E-state index is -4.59. The third kappa shape index (κ3) is 4.66. The second-order valence-electron chi connectivity index (χ2n) is 10.4. The Hall–Kier alpha value is -5.16. The van der Waals surface area contributed by atoms with E-state index in [2.05, 4.69) is 21.0 Å². The lowest BCUT2D eigenvalue weighted by Gasteiger charge is -2.19. The fourth-order valence-electron chi connectivity index (χ4n) is 4.87. The Labute approximate surface area is 233 Å². The van der Waals surface area contributed by atoms with Crippen LogP contribution in [0, 0.1) is 22.8 Å². The number of nitriles is 2. The molecule has 0 saturated carbocycles. The maximum absolute atomic E-state index is 13.9. The first-order valence-electron chi connectivity index (χ1n) is 12.6. The third-order valence-corrected chi connectivity index (χ3v) is 7.11. The fraction of sp³-hybridized carbons (Fsp3) is 0.233. The van der Waals surface area contributed by atoms with Gasteiger partial charge < -0.3 is 9.47 Å². The van der Waals surface area contributed by atoms with Crippen molar-refractivity contribution in [1.29, 1.82) is 10.5 Å². The molecule has 3 heterocycles. The summed E-state index contributed by atoms with van der Waals surface area (Å²) in [6.45, 7) is 3.66. The van der Waals surface area contributed by atoms with Crippen molar-refractivity contribution in [3.05, 3.63) is 77.7 Å². The molecule has 0 fully saturated rings. The van der Waals surface area contributed by atoms with Crippen LogP contribution in [0.4, 0.5) is 19.0 Å². The number of fused-ring (bicyclic) bond motifs is 3. The molecule has 0 bridgehead atoms. The maximum atomic E-state index is 13.9. The third-order valence-electron chi connectivity index (χ3n) is 7.11. The number of hydrogen-bond acceptors (Lipinski definition) is 6. The van der Waals surface area contributed by atoms with Crippen LogP contribution in [-0.2, 0) is 18.6 Å². The zero-order chi connectivity index (χ0) is 29.7. The van der Waals surface area contributed by atoms with Gasteiger partial charge in [0.15, 0.2) is 0 Å². The summed E-state index contributed by atoms with van der Waals surface area (Å²) in [6, 6.07) is 16.0. The normalized spacial score (nSPS) is 12.5. The lowest BCUT2D eigenvalue weighted by atomic mass is 9.86. The van der Waals surface area contributed by atoms with E-state index in [0.29, 0.717) is 44.4 Å². The molecule has 0 atom stereocenters. The van der Waals surface area contributed by atoms with E-state index >= 15 is 0 Å². The minimum Gasteiger partial charge on any atom is -0.362 e. The van der Waals surface area contributed by atoms with Crippen LogP contribution in [0.3, 0.4) is 0 Å². The molecule has 0 amide bonds. The van der Waals surface area contributed by atoms with Crippen molar-refractivity contribution in [3.8, 4) is 29.1 Å². The Morgan fingerprint density at radius 2 is 1.63 bits per heavy atom. The van der Waals surface area contributed by atoms with Gasteiger partial charge in [0.1, 0.15) is 5.82 Å². The summed E-state index contributed by atoms with van der Waals surface area (Å²) >= 11 is 0. The van der Waals surface area contributed by atoms with Gasteiger partial charge in [-0.1, -0.05) is 18.2 Å². The van der Waals surface area contributed by atoms with E-state index in [1.54, 1.807) is 36.0 Å². The highest BCUT2D eigenvalue weighted by Crippen LogP contribution is 2.38. The first kappa shape index (κ1) is 27.4. The predicted octanol–water partition coefficient (Wildman–Crippen LogP) is 5.85. The minimum absolute atomic E-state index is 0.169. The van der Waals surface area contributed by atoms with Crippen LogP contribution in [0.1, 0.15) is 25.0 Å². The molecule has 5 aromatic rings. The summed E-state index contributed by atoms with van der Waals surface area (Å²) in [7, 11) is 4.79. The van der Waals surface area contributed by atoms with Gasteiger partial charge in [-0.25, -0.2) is 4.98 Å². The summed E-state index contributed by atoms with van der Waals surface area (Å²) < 4.78 is 45.3. The number of alkyl halides is 3. The van der Waals surface area contributed by atoms with E-state index in [0.717, 1.165) is 11.6 Å². The second-order valence-corrected chi connectivity index (χ2v) is 10.4. The number of nitrogens with zero attached hydrogens (tertiary/aromatic N) is 8. The molecule has 0 unspecified atom stereocenters. The van der Waals surface area contributed by atoms with Crippen LogP contribution >= 0.6 is 0 Å². The van der Waals surface area contributed by atoms with E-state index in [4.69, 9.17) is 0 Å². The monoisotopic (exact) mass is 554 g/mol. The average Bonchev–Trinajstić information content (AvgIpc) is 3.23. The van der Waals surface area contributed by atoms with Crippen LogP contribution in [0.5, 0.6) is 0 Å². The molecule has 0 aliphatic carbocycles. The number of aryl methyl sites for hydroxylation is 1. The molecular weight excluding hydrogens is 529 g/mol. The van der Waals surface area contributed by atoms with Crippen molar-refractivity contribution in [2.24, 2.45) is 12.0 Å². The van der Waals surface area contributed by atoms with Crippen molar-refractivity contribution in [2.45, 2.75) is 25.4 Å². The van der Waals surface area contributed by atoms with Crippen LogP contribution < -0.4 is 10.5 Å². The number of imidazole rings is 1. The highest BCUT2D eigenvalue weighted by molar-refractivity contribution is 6.04. The second kappa shape index (κ2) is 9.79. The Kier molecular flexibility index (Phi) is 6.54. The molecule has 0 spiro atoms. The number of aromatic nitrogens is 4. The van der Waals surface area contributed by atoms with Gasteiger partial charge in [-0.3, -0.25) is 9.55 Å². The summed E-state index contributed by atoms with van der Waals surface area (Å²) in [5, 5.41) is 19.7. The number of hydrogen-bond donors (Lipinski definition) is 0. The zero-order valence-electron chi connectivity index (χ0n) is 23.0. The van der Waals surface area contributed by atoms with E-state index in [-0.39, 0.29) is 5.82 Å². The van der Waals surface area contributed by atoms with E-state index in [9.17, 15) is 23.7 Å².